The number of amides is 1. The lowest BCUT2D eigenvalue weighted by Crippen LogP contribution is -2.28. The Hall–Kier alpha value is -2.47. The third-order valence-electron chi connectivity index (χ3n) is 4.40. The number of rotatable bonds is 3. The van der Waals surface area contributed by atoms with E-state index in [1.165, 1.54) is 4.88 Å². The molecule has 1 saturated heterocycles. The molecule has 3 aromatic rings. The summed E-state index contributed by atoms with van der Waals surface area (Å²) < 4.78 is 2.10. The molecule has 0 aliphatic carbocycles. The van der Waals surface area contributed by atoms with Gasteiger partial charge in [-0.25, -0.2) is 0 Å². The summed E-state index contributed by atoms with van der Waals surface area (Å²) in [5, 5.41) is 8.36. The first-order valence-electron chi connectivity index (χ1n) is 8.03. The van der Waals surface area contributed by atoms with E-state index >= 15 is 0 Å². The molecule has 1 fully saturated rings. The largest absolute Gasteiger partial charge is 0.336 e. The van der Waals surface area contributed by atoms with Crippen LogP contribution in [0.5, 0.6) is 0 Å². The van der Waals surface area contributed by atoms with Gasteiger partial charge >= 0.3 is 0 Å². The Bertz CT molecular complexity index is 855. The van der Waals surface area contributed by atoms with E-state index in [0.29, 0.717) is 6.54 Å². The molecule has 0 N–H and O–H groups in total. The highest BCUT2D eigenvalue weighted by molar-refractivity contribution is 7.13. The molecule has 122 valence electrons. The van der Waals surface area contributed by atoms with Crippen LogP contribution < -0.4 is 0 Å². The first-order valence-corrected chi connectivity index (χ1v) is 8.84. The van der Waals surface area contributed by atoms with Crippen molar-refractivity contribution < 1.29 is 4.79 Å². The maximum absolute atomic E-state index is 12.6. The van der Waals surface area contributed by atoms with Crippen molar-refractivity contribution in [3.05, 3.63) is 58.5 Å². The number of carbonyl (C=O) groups excluding carboxylic acids is 1. The fourth-order valence-corrected chi connectivity index (χ4v) is 4.00. The number of benzene rings is 1. The van der Waals surface area contributed by atoms with E-state index in [2.05, 4.69) is 14.8 Å². The summed E-state index contributed by atoms with van der Waals surface area (Å²) in [6, 6.07) is 14.2. The van der Waals surface area contributed by atoms with Crippen molar-refractivity contribution in [2.75, 3.05) is 13.1 Å². The standard InChI is InChI=1S/C18H18N4OS/c1-13-7-8-16(24-13)18(23)21-10-9-15(11-21)22-12-19-20-17(22)14-5-3-2-4-6-14/h2-8,12,15H,9-11H2,1H3. The summed E-state index contributed by atoms with van der Waals surface area (Å²) in [6.45, 7) is 3.50. The van der Waals surface area contributed by atoms with Gasteiger partial charge in [0.2, 0.25) is 0 Å². The van der Waals surface area contributed by atoms with Gasteiger partial charge in [0.25, 0.3) is 5.91 Å². The summed E-state index contributed by atoms with van der Waals surface area (Å²) in [7, 11) is 0. The quantitative estimate of drug-likeness (QED) is 0.735. The van der Waals surface area contributed by atoms with Crippen LogP contribution in [0.15, 0.2) is 48.8 Å². The third-order valence-corrected chi connectivity index (χ3v) is 5.39. The van der Waals surface area contributed by atoms with Crippen LogP contribution >= 0.6 is 11.3 Å². The van der Waals surface area contributed by atoms with Crippen LogP contribution in [0.2, 0.25) is 0 Å². The zero-order valence-corrected chi connectivity index (χ0v) is 14.2. The first kappa shape index (κ1) is 15.1. The molecule has 1 aromatic carbocycles. The molecular formula is C18H18N4OS. The fraction of sp³-hybridized carbons (Fsp3) is 0.278. The van der Waals surface area contributed by atoms with Gasteiger partial charge in [-0.05, 0) is 25.5 Å². The lowest BCUT2D eigenvalue weighted by Gasteiger charge is -2.17. The normalized spacial score (nSPS) is 17.4. The summed E-state index contributed by atoms with van der Waals surface area (Å²) in [5.74, 6) is 0.992. The number of aromatic nitrogens is 3. The van der Waals surface area contributed by atoms with Crippen molar-refractivity contribution in [1.82, 2.24) is 19.7 Å². The molecule has 0 saturated carbocycles. The highest BCUT2D eigenvalue weighted by Gasteiger charge is 2.30. The SMILES string of the molecule is Cc1ccc(C(=O)N2CCC(n3cnnc3-c3ccccc3)C2)s1. The van der Waals surface area contributed by atoms with E-state index < -0.39 is 0 Å². The molecule has 0 spiro atoms. The number of thiophene rings is 1. The van der Waals surface area contributed by atoms with Gasteiger partial charge in [-0.3, -0.25) is 4.79 Å². The van der Waals surface area contributed by atoms with E-state index in [0.717, 1.165) is 29.2 Å². The second-order valence-electron chi connectivity index (χ2n) is 6.03. The minimum atomic E-state index is 0.130. The average molecular weight is 338 g/mol. The number of hydrogen-bond donors (Lipinski definition) is 0. The van der Waals surface area contributed by atoms with Gasteiger partial charge in [0, 0.05) is 23.5 Å². The second-order valence-corrected chi connectivity index (χ2v) is 7.32. The molecule has 24 heavy (non-hydrogen) atoms. The third kappa shape index (κ3) is 2.73. The zero-order valence-electron chi connectivity index (χ0n) is 13.4. The Labute approximate surface area is 144 Å². The predicted octanol–water partition coefficient (Wildman–Crippen LogP) is 3.40. The van der Waals surface area contributed by atoms with Crippen LogP contribution in [-0.4, -0.2) is 38.7 Å². The van der Waals surface area contributed by atoms with Crippen LogP contribution in [0.3, 0.4) is 0 Å². The number of aryl methyl sites for hydroxylation is 1. The van der Waals surface area contributed by atoms with Crippen LogP contribution in [0.1, 0.15) is 27.0 Å². The van der Waals surface area contributed by atoms with Crippen LogP contribution in [-0.2, 0) is 0 Å². The number of hydrogen-bond acceptors (Lipinski definition) is 4. The summed E-state index contributed by atoms with van der Waals surface area (Å²) >= 11 is 1.56. The molecule has 4 rings (SSSR count). The van der Waals surface area contributed by atoms with Crippen LogP contribution in [0, 0.1) is 6.92 Å². The van der Waals surface area contributed by atoms with E-state index in [9.17, 15) is 4.79 Å². The number of carbonyl (C=O) groups is 1. The Morgan fingerprint density at radius 2 is 2.04 bits per heavy atom. The topological polar surface area (TPSA) is 51.0 Å². The van der Waals surface area contributed by atoms with Gasteiger partial charge in [-0.2, -0.15) is 0 Å². The minimum absolute atomic E-state index is 0.130. The van der Waals surface area contributed by atoms with Crippen LogP contribution in [0.25, 0.3) is 11.4 Å². The number of nitrogens with zero attached hydrogens (tertiary/aromatic N) is 4. The first-order chi connectivity index (χ1) is 11.7. The van der Waals surface area contributed by atoms with Gasteiger partial charge in [0.15, 0.2) is 5.82 Å². The molecule has 6 heteroatoms. The van der Waals surface area contributed by atoms with Crippen molar-refractivity contribution in [2.24, 2.45) is 0 Å². The van der Waals surface area contributed by atoms with Gasteiger partial charge in [0.05, 0.1) is 10.9 Å². The van der Waals surface area contributed by atoms with Gasteiger partial charge in [-0.15, -0.1) is 21.5 Å². The molecule has 0 bridgehead atoms. The molecule has 3 heterocycles. The fourth-order valence-electron chi connectivity index (χ4n) is 3.16. The van der Waals surface area contributed by atoms with Crippen molar-refractivity contribution in [3.63, 3.8) is 0 Å². The Balaban J connectivity index is 1.54. The van der Waals surface area contributed by atoms with E-state index in [1.807, 2.05) is 54.3 Å². The van der Waals surface area contributed by atoms with E-state index in [4.69, 9.17) is 0 Å². The minimum Gasteiger partial charge on any atom is -0.336 e. The van der Waals surface area contributed by atoms with Gasteiger partial charge in [0.1, 0.15) is 6.33 Å². The van der Waals surface area contributed by atoms with Crippen molar-refractivity contribution in [2.45, 2.75) is 19.4 Å². The Morgan fingerprint density at radius 1 is 1.21 bits per heavy atom. The lowest BCUT2D eigenvalue weighted by molar-refractivity contribution is 0.0792. The van der Waals surface area contributed by atoms with E-state index in [-0.39, 0.29) is 11.9 Å². The van der Waals surface area contributed by atoms with Crippen molar-refractivity contribution in [1.29, 1.82) is 0 Å². The Kier molecular flexibility index (Phi) is 3.90. The zero-order chi connectivity index (χ0) is 16.5. The van der Waals surface area contributed by atoms with E-state index in [1.54, 1.807) is 17.7 Å². The summed E-state index contributed by atoms with van der Waals surface area (Å²) in [5.41, 5.74) is 1.05. The Morgan fingerprint density at radius 3 is 2.79 bits per heavy atom. The molecular weight excluding hydrogens is 320 g/mol. The molecule has 1 atom stereocenters. The maximum atomic E-state index is 12.6. The monoisotopic (exact) mass is 338 g/mol. The second kappa shape index (κ2) is 6.20. The highest BCUT2D eigenvalue weighted by Crippen LogP contribution is 2.28. The van der Waals surface area contributed by atoms with Crippen LogP contribution in [0.4, 0.5) is 0 Å². The molecule has 1 unspecified atom stereocenters. The van der Waals surface area contributed by atoms with Gasteiger partial charge in [-0.1, -0.05) is 30.3 Å². The van der Waals surface area contributed by atoms with Gasteiger partial charge < -0.3 is 9.47 Å². The van der Waals surface area contributed by atoms with Crippen molar-refractivity contribution >= 4 is 17.2 Å². The molecule has 1 amide bonds. The molecule has 0 radical (unpaired) electrons. The summed E-state index contributed by atoms with van der Waals surface area (Å²) in [4.78, 5) is 16.5. The molecule has 1 aliphatic heterocycles. The molecule has 5 nitrogen and oxygen atoms in total. The summed E-state index contributed by atoms with van der Waals surface area (Å²) in [6.07, 6.45) is 2.70. The highest BCUT2D eigenvalue weighted by atomic mass is 32.1. The molecule has 1 aliphatic rings. The maximum Gasteiger partial charge on any atom is 0.263 e. The average Bonchev–Trinajstić information content (AvgIpc) is 3.34. The smallest absolute Gasteiger partial charge is 0.263 e. The molecule has 2 aromatic heterocycles. The van der Waals surface area contributed by atoms with Crippen molar-refractivity contribution in [3.8, 4) is 11.4 Å². The number of likely N-dealkylation sites (tertiary alicyclic amines) is 1. The predicted molar refractivity (Wildman–Crippen MR) is 94.1 cm³/mol. The lowest BCUT2D eigenvalue weighted by atomic mass is 10.2.